The zero-order chi connectivity index (χ0) is 18.1. The molecule has 0 aliphatic rings. The summed E-state index contributed by atoms with van der Waals surface area (Å²) in [5, 5.41) is 20.5. The molecule has 0 amide bonds. The molecule has 1 unspecified atom stereocenters. The molecule has 7 nitrogen and oxygen atoms in total. The third-order valence-corrected chi connectivity index (χ3v) is 4.35. The molecule has 0 spiro atoms. The fourth-order valence-corrected chi connectivity index (χ4v) is 4.10. The third-order valence-electron chi connectivity index (χ3n) is 3.11. The van der Waals surface area contributed by atoms with E-state index in [-0.39, 0.29) is 116 Å². The minimum atomic E-state index is -5.19. The second-order valence-electron chi connectivity index (χ2n) is 8.13. The summed E-state index contributed by atoms with van der Waals surface area (Å²) in [6, 6.07) is 0. The van der Waals surface area contributed by atoms with Crippen molar-refractivity contribution in [2.45, 2.75) is 59.6 Å². The summed E-state index contributed by atoms with van der Waals surface area (Å²) in [5.41, 5.74) is -3.74. The second kappa shape index (κ2) is 10.6. The molecule has 0 aromatic carbocycles. The van der Waals surface area contributed by atoms with Crippen molar-refractivity contribution in [1.29, 1.82) is 0 Å². The molecular formula is C14H24K2O7S. The Kier molecular flexibility index (Phi) is 13.6. The Morgan fingerprint density at radius 1 is 0.917 bits per heavy atom. The molecule has 1 N–H and O–H groups in total. The summed E-state index contributed by atoms with van der Waals surface area (Å²) in [7, 11) is -5.19. The number of carbonyl (C=O) groups is 2. The van der Waals surface area contributed by atoms with Crippen LogP contribution in [0.15, 0.2) is 0 Å². The molecule has 0 aromatic heterocycles. The summed E-state index contributed by atoms with van der Waals surface area (Å²) in [6.45, 7) is 9.86. The van der Waals surface area contributed by atoms with E-state index in [4.69, 9.17) is 0 Å². The van der Waals surface area contributed by atoms with Crippen LogP contribution in [0, 0.1) is 16.2 Å². The molecule has 24 heavy (non-hydrogen) atoms. The van der Waals surface area contributed by atoms with Gasteiger partial charge in [-0.2, -0.15) is 8.42 Å². The number of rotatable bonds is 6. The summed E-state index contributed by atoms with van der Waals surface area (Å²) >= 11 is 0. The van der Waals surface area contributed by atoms with E-state index in [2.05, 4.69) is 0 Å². The average molecular weight is 415 g/mol. The van der Waals surface area contributed by atoms with Crippen LogP contribution in [0.3, 0.4) is 0 Å². The van der Waals surface area contributed by atoms with E-state index in [1.807, 2.05) is 0 Å². The van der Waals surface area contributed by atoms with Crippen molar-refractivity contribution < 1.29 is 136 Å². The van der Waals surface area contributed by atoms with Crippen molar-refractivity contribution in [2.75, 3.05) is 0 Å². The van der Waals surface area contributed by atoms with Crippen LogP contribution in [-0.4, -0.2) is 30.2 Å². The Morgan fingerprint density at radius 2 is 1.21 bits per heavy atom. The van der Waals surface area contributed by atoms with Crippen LogP contribution in [0.1, 0.15) is 54.4 Å². The van der Waals surface area contributed by atoms with Crippen molar-refractivity contribution in [3.63, 3.8) is 0 Å². The van der Waals surface area contributed by atoms with Gasteiger partial charge >= 0.3 is 103 Å². The van der Waals surface area contributed by atoms with Gasteiger partial charge in [0.15, 0.2) is 0 Å². The SMILES string of the molecule is CC(C)(C)CC(CC(C)(C)C)(C(=O)[O-])C(C(=O)[O-])S(=O)(=O)O.[K+].[K+]. The molecule has 0 saturated carbocycles. The van der Waals surface area contributed by atoms with E-state index in [1.54, 1.807) is 41.5 Å². The van der Waals surface area contributed by atoms with Gasteiger partial charge in [-0.25, -0.2) is 0 Å². The van der Waals surface area contributed by atoms with Gasteiger partial charge in [-0.05, 0) is 23.7 Å². The minimum absolute atomic E-state index is 0. The van der Waals surface area contributed by atoms with Crippen LogP contribution in [-0.2, 0) is 19.7 Å². The van der Waals surface area contributed by atoms with E-state index in [1.165, 1.54) is 0 Å². The Bertz CT molecular complexity index is 528. The Balaban J connectivity index is -0.00000220. The van der Waals surface area contributed by atoms with Crippen LogP contribution in [0.5, 0.6) is 0 Å². The molecule has 10 heteroatoms. The van der Waals surface area contributed by atoms with Gasteiger partial charge in [-0.1, -0.05) is 41.5 Å². The Labute approximate surface area is 229 Å². The topological polar surface area (TPSA) is 135 Å². The average Bonchev–Trinajstić information content (AvgIpc) is 2.06. The van der Waals surface area contributed by atoms with Gasteiger partial charge in [0.2, 0.25) is 0 Å². The van der Waals surface area contributed by atoms with Crippen LogP contribution >= 0.6 is 0 Å². The van der Waals surface area contributed by atoms with Gasteiger partial charge in [0, 0.05) is 11.4 Å². The number of hydrogen-bond acceptors (Lipinski definition) is 6. The van der Waals surface area contributed by atoms with E-state index in [9.17, 15) is 32.8 Å². The number of aliphatic carboxylic acids is 2. The fourth-order valence-electron chi connectivity index (χ4n) is 3.02. The molecule has 0 aliphatic carbocycles. The number of hydrogen-bond donors (Lipinski definition) is 1. The van der Waals surface area contributed by atoms with E-state index >= 15 is 0 Å². The van der Waals surface area contributed by atoms with Gasteiger partial charge in [-0.15, -0.1) is 0 Å². The van der Waals surface area contributed by atoms with Gasteiger partial charge in [0.1, 0.15) is 5.25 Å². The van der Waals surface area contributed by atoms with Gasteiger partial charge < -0.3 is 19.8 Å². The van der Waals surface area contributed by atoms with E-state index in [0.717, 1.165) is 0 Å². The summed E-state index contributed by atoms with van der Waals surface area (Å²) < 4.78 is 32.4. The summed E-state index contributed by atoms with van der Waals surface area (Å²) in [5.74, 6) is -3.98. The smallest absolute Gasteiger partial charge is 0.549 e. The van der Waals surface area contributed by atoms with Crippen molar-refractivity contribution >= 4 is 22.1 Å². The molecular weight excluding hydrogens is 390 g/mol. The van der Waals surface area contributed by atoms with E-state index in [0.29, 0.717) is 0 Å². The number of carbonyl (C=O) groups excluding carboxylic acids is 2. The molecule has 0 rings (SSSR count). The first-order valence-electron chi connectivity index (χ1n) is 6.81. The normalized spacial score (nSPS) is 14.1. The number of carboxylic acid groups (broad SMARTS) is 2. The van der Waals surface area contributed by atoms with Gasteiger partial charge in [0.05, 0.1) is 5.97 Å². The predicted molar refractivity (Wildman–Crippen MR) is 75.9 cm³/mol. The standard InChI is InChI=1S/C14H26O7S.2K/c1-12(2,3)7-14(11(17)18,8-13(4,5)6)9(10(15)16)22(19,20)21;;/h9H,7-8H2,1-6H3,(H,15,16)(H,17,18)(H,19,20,21);;/q;2*+1/p-2. The van der Waals surface area contributed by atoms with Crippen molar-refractivity contribution in [1.82, 2.24) is 0 Å². The van der Waals surface area contributed by atoms with Crippen LogP contribution in [0.2, 0.25) is 0 Å². The molecule has 0 aliphatic heterocycles. The Morgan fingerprint density at radius 3 is 1.33 bits per heavy atom. The van der Waals surface area contributed by atoms with E-state index < -0.39 is 43.6 Å². The largest absolute Gasteiger partial charge is 1.00 e. The fraction of sp³-hybridized carbons (Fsp3) is 0.857. The van der Waals surface area contributed by atoms with Crippen LogP contribution < -0.4 is 113 Å². The second-order valence-corrected chi connectivity index (χ2v) is 9.63. The zero-order valence-electron chi connectivity index (χ0n) is 15.8. The molecule has 130 valence electrons. The van der Waals surface area contributed by atoms with Crippen LogP contribution in [0.25, 0.3) is 0 Å². The molecule has 0 bridgehead atoms. The van der Waals surface area contributed by atoms with Crippen molar-refractivity contribution in [3.8, 4) is 0 Å². The maximum Gasteiger partial charge on any atom is 1.00 e. The Hall–Kier alpha value is 2.12. The first-order valence-corrected chi connectivity index (χ1v) is 8.31. The third kappa shape index (κ3) is 9.88. The maximum atomic E-state index is 11.8. The summed E-state index contributed by atoms with van der Waals surface area (Å²) in [6.07, 6.45) is -0.615. The first-order chi connectivity index (χ1) is 9.42. The molecule has 1 atom stereocenters. The quantitative estimate of drug-likeness (QED) is 0.337. The molecule has 0 saturated heterocycles. The molecule has 0 heterocycles. The number of carboxylic acids is 2. The van der Waals surface area contributed by atoms with Crippen molar-refractivity contribution in [3.05, 3.63) is 0 Å². The van der Waals surface area contributed by atoms with Crippen molar-refractivity contribution in [2.24, 2.45) is 16.2 Å². The predicted octanol–water partition coefficient (Wildman–Crippen LogP) is -6.39. The van der Waals surface area contributed by atoms with Gasteiger partial charge in [0.25, 0.3) is 10.1 Å². The van der Waals surface area contributed by atoms with Crippen LogP contribution in [0.4, 0.5) is 0 Å². The molecule has 0 aromatic rings. The monoisotopic (exact) mass is 414 g/mol. The zero-order valence-corrected chi connectivity index (χ0v) is 22.9. The maximum absolute atomic E-state index is 11.8. The summed E-state index contributed by atoms with van der Waals surface area (Å²) in [4.78, 5) is 23.1. The molecule has 0 fully saturated rings. The van der Waals surface area contributed by atoms with Gasteiger partial charge in [-0.3, -0.25) is 4.55 Å². The first kappa shape index (κ1) is 30.8. The minimum Gasteiger partial charge on any atom is -0.549 e. The molecule has 0 radical (unpaired) electrons.